The second kappa shape index (κ2) is 6.50. The monoisotopic (exact) mass is 387 g/mol. The number of amides is 1. The molecule has 26 heavy (non-hydrogen) atoms. The molecule has 6 nitrogen and oxygen atoms in total. The summed E-state index contributed by atoms with van der Waals surface area (Å²) in [7, 11) is 0. The lowest BCUT2D eigenvalue weighted by Crippen LogP contribution is -2.43. The van der Waals surface area contributed by atoms with E-state index in [1.807, 2.05) is 0 Å². The Kier molecular flexibility index (Phi) is 4.64. The number of Topliss-reactive ketones (excluding diaryl/α,β-unsaturated/α-hetero) is 1. The number of nitrogens with zero attached hydrogens (tertiary/aromatic N) is 1. The summed E-state index contributed by atoms with van der Waals surface area (Å²) < 4.78 is 33.5. The van der Waals surface area contributed by atoms with Gasteiger partial charge in [-0.1, -0.05) is 11.6 Å². The van der Waals surface area contributed by atoms with Gasteiger partial charge in [-0.3, -0.25) is 14.5 Å². The maximum absolute atomic E-state index is 14.5. The third kappa shape index (κ3) is 2.82. The Bertz CT molecular complexity index is 802. The smallest absolute Gasteiger partial charge is 0.407 e. The molecule has 0 spiro atoms. The van der Waals surface area contributed by atoms with Crippen molar-refractivity contribution in [2.45, 2.75) is 31.2 Å². The number of fused-ring (bicyclic) bond motifs is 1. The standard InChI is InChI=1S/C17H16ClF2NO5/c1-2-26-12(23)5-11(22)15-8-6-17(8,7-21(15)16(24)25)13-10(19)4-3-9(18)14(13)20/h3-4,8,15H,2,5-7H2,1H3,(H,24,25)/t8-,15?,17-/m0/s1. The van der Waals surface area contributed by atoms with Gasteiger partial charge in [0.2, 0.25) is 0 Å². The molecule has 1 aromatic carbocycles. The van der Waals surface area contributed by atoms with E-state index in [-0.39, 0.29) is 30.2 Å². The Hall–Kier alpha value is -2.22. The number of carboxylic acid groups (broad SMARTS) is 1. The molecule has 2 fully saturated rings. The molecule has 9 heteroatoms. The quantitative estimate of drug-likeness (QED) is 0.477. The van der Waals surface area contributed by atoms with E-state index in [1.54, 1.807) is 6.92 Å². The highest BCUT2D eigenvalue weighted by atomic mass is 35.5. The highest BCUT2D eigenvalue weighted by molar-refractivity contribution is 6.30. The first kappa shape index (κ1) is 18.6. The number of ether oxygens (including phenoxy) is 1. The van der Waals surface area contributed by atoms with Crippen LogP contribution < -0.4 is 0 Å². The van der Waals surface area contributed by atoms with Crippen molar-refractivity contribution in [2.75, 3.05) is 13.2 Å². The van der Waals surface area contributed by atoms with E-state index in [1.165, 1.54) is 0 Å². The summed E-state index contributed by atoms with van der Waals surface area (Å²) in [5.41, 5.74) is -1.44. The predicted molar refractivity (Wildman–Crippen MR) is 85.9 cm³/mol. The molecule has 1 N–H and O–H groups in total. The van der Waals surface area contributed by atoms with Crippen LogP contribution in [0.2, 0.25) is 5.02 Å². The van der Waals surface area contributed by atoms with Crippen molar-refractivity contribution in [3.63, 3.8) is 0 Å². The van der Waals surface area contributed by atoms with Crippen LogP contribution in [0.25, 0.3) is 0 Å². The first-order valence-electron chi connectivity index (χ1n) is 8.04. The van der Waals surface area contributed by atoms with Gasteiger partial charge in [0.05, 0.1) is 17.7 Å². The van der Waals surface area contributed by atoms with Crippen LogP contribution in [0.4, 0.5) is 13.6 Å². The number of hydrogen-bond donors (Lipinski definition) is 1. The number of benzene rings is 1. The molecule has 3 rings (SSSR count). The molecule has 0 radical (unpaired) electrons. The summed E-state index contributed by atoms with van der Waals surface area (Å²) in [6, 6.07) is 0.954. The van der Waals surface area contributed by atoms with Gasteiger partial charge in [-0.15, -0.1) is 0 Å². The molecule has 1 aromatic rings. The fourth-order valence-electron chi connectivity index (χ4n) is 3.94. The van der Waals surface area contributed by atoms with E-state index >= 15 is 0 Å². The summed E-state index contributed by atoms with van der Waals surface area (Å²) in [5, 5.41) is 9.13. The first-order valence-corrected chi connectivity index (χ1v) is 8.42. The predicted octanol–water partition coefficient (Wildman–Crippen LogP) is 2.76. The maximum atomic E-state index is 14.5. The van der Waals surface area contributed by atoms with Crippen LogP contribution in [-0.4, -0.2) is 47.0 Å². The number of ketones is 1. The lowest BCUT2D eigenvalue weighted by atomic mass is 9.92. The molecule has 3 atom stereocenters. The fraction of sp³-hybridized carbons (Fsp3) is 0.471. The van der Waals surface area contributed by atoms with Crippen molar-refractivity contribution in [1.29, 1.82) is 0 Å². The van der Waals surface area contributed by atoms with Gasteiger partial charge < -0.3 is 9.84 Å². The lowest BCUT2D eigenvalue weighted by Gasteiger charge is -2.24. The molecule has 0 bridgehead atoms. The molecular formula is C17H16ClF2NO5. The molecule has 1 aliphatic heterocycles. The number of likely N-dealkylation sites (tertiary alicyclic amines) is 1. The zero-order chi connectivity index (χ0) is 19.2. The second-order valence-corrected chi connectivity index (χ2v) is 6.90. The SMILES string of the molecule is CCOC(=O)CC(=O)C1[C@@H]2C[C@]2(c2c(F)ccc(Cl)c2F)CN1C(=O)O. The van der Waals surface area contributed by atoms with Crippen molar-refractivity contribution in [3.05, 3.63) is 34.4 Å². The first-order chi connectivity index (χ1) is 12.2. The van der Waals surface area contributed by atoms with E-state index in [0.29, 0.717) is 0 Å². The molecule has 1 amide bonds. The number of halogens is 3. The van der Waals surface area contributed by atoms with E-state index in [2.05, 4.69) is 0 Å². The van der Waals surface area contributed by atoms with Crippen LogP contribution in [0.1, 0.15) is 25.3 Å². The van der Waals surface area contributed by atoms with Crippen molar-refractivity contribution in [2.24, 2.45) is 5.92 Å². The number of esters is 1. The topological polar surface area (TPSA) is 83.9 Å². The summed E-state index contributed by atoms with van der Waals surface area (Å²) in [6.07, 6.45) is -1.74. The second-order valence-electron chi connectivity index (χ2n) is 6.49. The van der Waals surface area contributed by atoms with E-state index in [4.69, 9.17) is 16.3 Å². The number of rotatable bonds is 5. The van der Waals surface area contributed by atoms with Crippen LogP contribution in [0.15, 0.2) is 12.1 Å². The molecule has 1 unspecified atom stereocenters. The average molecular weight is 388 g/mol. The summed E-state index contributed by atoms with van der Waals surface area (Å²) in [5.74, 6) is -3.79. The van der Waals surface area contributed by atoms with Gasteiger partial charge in [0.15, 0.2) is 5.78 Å². The van der Waals surface area contributed by atoms with Gasteiger partial charge in [0.1, 0.15) is 18.1 Å². The van der Waals surface area contributed by atoms with Gasteiger partial charge >= 0.3 is 12.1 Å². The minimum Gasteiger partial charge on any atom is -0.466 e. The molecule has 140 valence electrons. The van der Waals surface area contributed by atoms with Crippen molar-refractivity contribution in [1.82, 2.24) is 4.90 Å². The summed E-state index contributed by atoms with van der Waals surface area (Å²) in [4.78, 5) is 36.4. The maximum Gasteiger partial charge on any atom is 0.407 e. The van der Waals surface area contributed by atoms with Gasteiger partial charge in [-0.25, -0.2) is 13.6 Å². The minimum atomic E-state index is -1.39. The third-order valence-electron chi connectivity index (χ3n) is 5.04. The Morgan fingerprint density at radius 1 is 1.38 bits per heavy atom. The van der Waals surface area contributed by atoms with E-state index in [0.717, 1.165) is 17.0 Å². The number of piperidine rings is 1. The van der Waals surface area contributed by atoms with E-state index < -0.39 is 53.3 Å². The Morgan fingerprint density at radius 2 is 2.08 bits per heavy atom. The number of carbonyl (C=O) groups excluding carboxylic acids is 2. The van der Waals surface area contributed by atoms with Gasteiger partial charge in [-0.2, -0.15) is 0 Å². The Balaban J connectivity index is 1.93. The number of hydrogen-bond acceptors (Lipinski definition) is 4. The molecule has 1 aliphatic carbocycles. The zero-order valence-electron chi connectivity index (χ0n) is 13.8. The zero-order valence-corrected chi connectivity index (χ0v) is 14.6. The molecule has 1 saturated carbocycles. The summed E-state index contributed by atoms with van der Waals surface area (Å²) in [6.45, 7) is 1.43. The fourth-order valence-corrected chi connectivity index (χ4v) is 4.10. The van der Waals surface area contributed by atoms with Crippen molar-refractivity contribution in [3.8, 4) is 0 Å². The van der Waals surface area contributed by atoms with Crippen LogP contribution >= 0.6 is 11.6 Å². The van der Waals surface area contributed by atoms with Crippen molar-refractivity contribution < 1.29 is 33.0 Å². The van der Waals surface area contributed by atoms with Gasteiger partial charge in [0, 0.05) is 17.5 Å². The van der Waals surface area contributed by atoms with E-state index in [9.17, 15) is 28.3 Å². The normalized spacial score (nSPS) is 26.4. The van der Waals surface area contributed by atoms with Crippen LogP contribution in [-0.2, 0) is 19.7 Å². The largest absolute Gasteiger partial charge is 0.466 e. The van der Waals surface area contributed by atoms with Crippen LogP contribution in [0.5, 0.6) is 0 Å². The Morgan fingerprint density at radius 3 is 2.69 bits per heavy atom. The molecule has 2 aliphatic rings. The highest BCUT2D eigenvalue weighted by Gasteiger charge is 2.70. The van der Waals surface area contributed by atoms with Crippen LogP contribution in [0.3, 0.4) is 0 Å². The highest BCUT2D eigenvalue weighted by Crippen LogP contribution is 2.63. The molecule has 1 saturated heterocycles. The Labute approximate surface area is 152 Å². The van der Waals surface area contributed by atoms with Crippen LogP contribution in [0, 0.1) is 17.6 Å². The van der Waals surface area contributed by atoms with Gasteiger partial charge in [-0.05, 0) is 31.4 Å². The molecule has 1 heterocycles. The molecule has 0 aromatic heterocycles. The minimum absolute atomic E-state index is 0.0890. The van der Waals surface area contributed by atoms with Crippen molar-refractivity contribution >= 4 is 29.4 Å². The lowest BCUT2D eigenvalue weighted by molar-refractivity contribution is -0.146. The van der Waals surface area contributed by atoms with Gasteiger partial charge in [0.25, 0.3) is 0 Å². The summed E-state index contributed by atoms with van der Waals surface area (Å²) >= 11 is 5.75. The average Bonchev–Trinajstić information content (AvgIpc) is 3.16. The number of carbonyl (C=O) groups is 3. The molecular weight excluding hydrogens is 372 g/mol. The third-order valence-corrected chi connectivity index (χ3v) is 5.34.